The van der Waals surface area contributed by atoms with E-state index in [2.05, 4.69) is 16.0 Å². The average molecular weight is 616 g/mol. The van der Waals surface area contributed by atoms with Crippen molar-refractivity contribution in [3.8, 4) is 0 Å². The van der Waals surface area contributed by atoms with Crippen molar-refractivity contribution in [2.75, 3.05) is 13.1 Å². The molecule has 4 atom stereocenters. The van der Waals surface area contributed by atoms with Gasteiger partial charge in [0.05, 0.1) is 17.7 Å². The van der Waals surface area contributed by atoms with E-state index in [1.54, 1.807) is 18.7 Å². The van der Waals surface area contributed by atoms with Gasteiger partial charge in [0, 0.05) is 32.0 Å². The molecule has 248 valence electrons. The summed E-state index contributed by atoms with van der Waals surface area (Å²) >= 11 is 0. The minimum atomic E-state index is -1.09. The van der Waals surface area contributed by atoms with Gasteiger partial charge in [0.2, 0.25) is 11.8 Å². The molecule has 10 nitrogen and oxygen atoms in total. The van der Waals surface area contributed by atoms with E-state index in [0.717, 1.165) is 31.2 Å². The van der Waals surface area contributed by atoms with Crippen molar-refractivity contribution in [2.45, 2.75) is 134 Å². The van der Waals surface area contributed by atoms with Crippen LogP contribution in [0, 0.1) is 11.8 Å². The van der Waals surface area contributed by atoms with Gasteiger partial charge in [0.25, 0.3) is 0 Å². The number of benzene rings is 1. The van der Waals surface area contributed by atoms with Crippen LogP contribution in [0.3, 0.4) is 0 Å². The van der Waals surface area contributed by atoms with Crippen LogP contribution in [-0.2, 0) is 16.0 Å². The van der Waals surface area contributed by atoms with Gasteiger partial charge in [-0.3, -0.25) is 9.59 Å². The molecule has 0 aromatic heterocycles. The Morgan fingerprint density at radius 3 is 2.14 bits per heavy atom. The van der Waals surface area contributed by atoms with Crippen LogP contribution in [0.25, 0.3) is 0 Å². The first-order chi connectivity index (χ1) is 20.8. The number of amides is 4. The summed E-state index contributed by atoms with van der Waals surface area (Å²) in [4.78, 5) is 42.5. The topological polar surface area (TPSA) is 157 Å². The first-order valence-corrected chi connectivity index (χ1v) is 16.7. The summed E-state index contributed by atoms with van der Waals surface area (Å²) in [5.74, 6) is -0.308. The summed E-state index contributed by atoms with van der Waals surface area (Å²) in [6, 6.07) is 6.95. The van der Waals surface area contributed by atoms with Gasteiger partial charge in [0.1, 0.15) is 12.1 Å². The Morgan fingerprint density at radius 1 is 0.932 bits per heavy atom. The highest BCUT2D eigenvalue weighted by molar-refractivity contribution is 5.92. The number of carbonyl (C=O) groups excluding carboxylic acids is 3. The van der Waals surface area contributed by atoms with Crippen LogP contribution in [-0.4, -0.2) is 81.9 Å². The Labute approximate surface area is 263 Å². The SMILES string of the molecule is CC(C)C[C@@H](NC(=O)[C@H](Cc1ccccc1)NC(=O)N1CCC(N)CC1)C(=O)N[C@@H](CC1CCCCC1)[C@@H](O)CC(C)(C)O. The molecule has 0 radical (unpaired) electrons. The quantitative estimate of drug-likeness (QED) is 0.189. The molecule has 1 heterocycles. The Kier molecular flexibility index (Phi) is 13.9. The van der Waals surface area contributed by atoms with Gasteiger partial charge in [-0.1, -0.05) is 76.3 Å². The lowest BCUT2D eigenvalue weighted by Gasteiger charge is -2.34. The van der Waals surface area contributed by atoms with Gasteiger partial charge in [-0.25, -0.2) is 4.79 Å². The maximum absolute atomic E-state index is 13.8. The number of urea groups is 1. The normalized spacial score (nSPS) is 19.6. The van der Waals surface area contributed by atoms with Crippen molar-refractivity contribution < 1.29 is 24.6 Å². The zero-order chi connectivity index (χ0) is 32.3. The molecule has 1 aliphatic carbocycles. The van der Waals surface area contributed by atoms with Crippen LogP contribution in [0.2, 0.25) is 0 Å². The molecule has 1 aromatic rings. The largest absolute Gasteiger partial charge is 0.391 e. The van der Waals surface area contributed by atoms with Crippen LogP contribution in [0.5, 0.6) is 0 Å². The van der Waals surface area contributed by atoms with Crippen LogP contribution >= 0.6 is 0 Å². The standard InChI is InChI=1S/C34H57N5O5/c1-23(2)19-28(31(41)36-27(30(40)22-34(3,4)44)20-24-11-7-5-8-12-24)37-32(42)29(21-25-13-9-6-10-14-25)38-33(43)39-17-15-26(35)16-18-39/h6,9-10,13-14,23-24,26-30,40,44H,5,7-8,11-12,15-22,35H2,1-4H3,(H,36,41)(H,37,42)(H,38,43)/t27-,28+,29-,30-/m0/s1. The summed E-state index contributed by atoms with van der Waals surface area (Å²) in [6.07, 6.45) is 7.48. The zero-order valence-corrected chi connectivity index (χ0v) is 27.3. The highest BCUT2D eigenvalue weighted by Crippen LogP contribution is 2.29. The minimum absolute atomic E-state index is 0.0710. The number of hydrogen-bond acceptors (Lipinski definition) is 6. The molecule has 10 heteroatoms. The smallest absolute Gasteiger partial charge is 0.318 e. The Morgan fingerprint density at radius 2 is 1.55 bits per heavy atom. The Hall–Kier alpha value is -2.69. The van der Waals surface area contributed by atoms with Crippen molar-refractivity contribution in [1.82, 2.24) is 20.9 Å². The summed E-state index contributed by atoms with van der Waals surface area (Å²) in [5, 5.41) is 30.5. The minimum Gasteiger partial charge on any atom is -0.391 e. The van der Waals surface area contributed by atoms with Gasteiger partial charge in [0.15, 0.2) is 0 Å². The van der Waals surface area contributed by atoms with E-state index in [1.165, 1.54) is 6.42 Å². The van der Waals surface area contributed by atoms with Crippen LogP contribution in [0.15, 0.2) is 30.3 Å². The molecule has 1 aromatic carbocycles. The van der Waals surface area contributed by atoms with Crippen molar-refractivity contribution >= 4 is 17.8 Å². The number of hydrogen-bond donors (Lipinski definition) is 6. The molecular weight excluding hydrogens is 558 g/mol. The van der Waals surface area contributed by atoms with Crippen molar-refractivity contribution in [3.05, 3.63) is 35.9 Å². The molecule has 0 spiro atoms. The molecular formula is C34H57N5O5. The fourth-order valence-electron chi connectivity index (χ4n) is 6.41. The maximum atomic E-state index is 13.8. The lowest BCUT2D eigenvalue weighted by molar-refractivity contribution is -0.131. The van der Waals surface area contributed by atoms with Gasteiger partial charge >= 0.3 is 6.03 Å². The number of likely N-dealkylation sites (tertiary alicyclic amines) is 1. The third kappa shape index (κ3) is 12.4. The number of aliphatic hydroxyl groups excluding tert-OH is 1. The van der Waals surface area contributed by atoms with Gasteiger partial charge in [-0.15, -0.1) is 0 Å². The van der Waals surface area contributed by atoms with Crippen molar-refractivity contribution in [1.29, 1.82) is 0 Å². The molecule has 44 heavy (non-hydrogen) atoms. The number of piperidine rings is 1. The highest BCUT2D eigenvalue weighted by Gasteiger charge is 2.34. The molecule has 1 saturated heterocycles. The molecule has 7 N–H and O–H groups in total. The van der Waals surface area contributed by atoms with Crippen molar-refractivity contribution in [2.24, 2.45) is 17.6 Å². The van der Waals surface area contributed by atoms with Crippen molar-refractivity contribution in [3.63, 3.8) is 0 Å². The third-order valence-corrected chi connectivity index (χ3v) is 8.88. The van der Waals surface area contributed by atoms with Crippen LogP contribution in [0.4, 0.5) is 4.79 Å². The van der Waals surface area contributed by atoms with Gasteiger partial charge in [-0.05, 0) is 56.9 Å². The summed E-state index contributed by atoms with van der Waals surface area (Å²) in [6.45, 7) is 8.33. The molecule has 2 aliphatic rings. The summed E-state index contributed by atoms with van der Waals surface area (Å²) in [7, 11) is 0. The molecule has 2 fully saturated rings. The number of rotatable bonds is 14. The molecule has 0 unspecified atom stereocenters. The van der Waals surface area contributed by atoms with Crippen LogP contribution in [0.1, 0.15) is 97.5 Å². The summed E-state index contributed by atoms with van der Waals surface area (Å²) in [5.41, 5.74) is 5.81. The zero-order valence-electron chi connectivity index (χ0n) is 27.3. The van der Waals surface area contributed by atoms with E-state index >= 15 is 0 Å². The highest BCUT2D eigenvalue weighted by atomic mass is 16.3. The monoisotopic (exact) mass is 615 g/mol. The van der Waals surface area contributed by atoms with Crippen LogP contribution < -0.4 is 21.7 Å². The fourth-order valence-corrected chi connectivity index (χ4v) is 6.41. The second-order valence-corrected chi connectivity index (χ2v) is 14.1. The third-order valence-electron chi connectivity index (χ3n) is 8.88. The number of nitrogens with two attached hydrogens (primary N) is 1. The second kappa shape index (κ2) is 17.1. The van der Waals surface area contributed by atoms with E-state index in [4.69, 9.17) is 5.73 Å². The number of nitrogens with zero attached hydrogens (tertiary/aromatic N) is 1. The number of nitrogens with one attached hydrogen (secondary N) is 3. The first-order valence-electron chi connectivity index (χ1n) is 16.7. The molecule has 1 aliphatic heterocycles. The molecule has 1 saturated carbocycles. The number of aliphatic hydroxyl groups is 2. The number of carbonyl (C=O) groups is 3. The average Bonchev–Trinajstić information content (AvgIpc) is 2.96. The van der Waals surface area contributed by atoms with E-state index < -0.39 is 35.7 Å². The lowest BCUT2D eigenvalue weighted by atomic mass is 9.82. The molecule has 4 amide bonds. The maximum Gasteiger partial charge on any atom is 0.318 e. The Bertz CT molecular complexity index is 1030. The van der Waals surface area contributed by atoms with Gasteiger partial charge < -0.3 is 36.8 Å². The van der Waals surface area contributed by atoms with E-state index in [1.807, 2.05) is 44.2 Å². The second-order valence-electron chi connectivity index (χ2n) is 14.1. The molecule has 3 rings (SSSR count). The molecule has 0 bridgehead atoms. The summed E-state index contributed by atoms with van der Waals surface area (Å²) < 4.78 is 0. The predicted molar refractivity (Wildman–Crippen MR) is 173 cm³/mol. The van der Waals surface area contributed by atoms with E-state index in [-0.39, 0.29) is 36.7 Å². The Balaban J connectivity index is 1.76. The first kappa shape index (κ1) is 35.8. The lowest BCUT2D eigenvalue weighted by Crippen LogP contribution is -2.59. The fraction of sp³-hybridized carbons (Fsp3) is 0.735. The van der Waals surface area contributed by atoms with Gasteiger partial charge in [-0.2, -0.15) is 0 Å². The predicted octanol–water partition coefficient (Wildman–Crippen LogP) is 3.24. The van der Waals surface area contributed by atoms with E-state index in [9.17, 15) is 24.6 Å². The van der Waals surface area contributed by atoms with E-state index in [0.29, 0.717) is 44.7 Å².